The minimum absolute atomic E-state index is 0.0178. The van der Waals surface area contributed by atoms with Gasteiger partial charge in [-0.15, -0.1) is 0 Å². The van der Waals surface area contributed by atoms with Crippen molar-refractivity contribution < 1.29 is 18.0 Å². The van der Waals surface area contributed by atoms with Crippen molar-refractivity contribution in [1.29, 1.82) is 0 Å². The van der Waals surface area contributed by atoms with Crippen molar-refractivity contribution in [2.45, 2.75) is 20.0 Å². The number of aryl methyl sites for hydroxylation is 1. The molecule has 0 saturated heterocycles. The molecule has 146 valence electrons. The molecule has 0 fully saturated rings. The van der Waals surface area contributed by atoms with Gasteiger partial charge in [0, 0.05) is 21.5 Å². The molecule has 0 aliphatic heterocycles. The Morgan fingerprint density at radius 3 is 2.43 bits per heavy atom. The topological polar surface area (TPSA) is 34.0 Å². The summed E-state index contributed by atoms with van der Waals surface area (Å²) >= 11 is 9.31. The maximum absolute atomic E-state index is 13.4. The van der Waals surface area contributed by atoms with Crippen molar-refractivity contribution in [2.75, 3.05) is 5.32 Å². The van der Waals surface area contributed by atoms with Crippen LogP contribution in [-0.2, 0) is 6.18 Å². The van der Waals surface area contributed by atoms with Crippen LogP contribution in [0.1, 0.15) is 27.3 Å². The number of hydrogen-bond donors (Lipinski definition) is 1. The summed E-state index contributed by atoms with van der Waals surface area (Å²) in [4.78, 5) is 12.7. The lowest BCUT2D eigenvalue weighted by atomic mass is 10.1. The molecule has 0 aliphatic carbocycles. The Kier molecular flexibility index (Phi) is 5.59. The van der Waals surface area contributed by atoms with Crippen LogP contribution in [0.3, 0.4) is 0 Å². The standard InChI is InChI=1S/C20H15BrClF3N2O/c1-11-9-14(19(28)26-13-7-8-16(21)17(22)10-13)12(2)27(11)18-6-4-3-5-15(18)20(23,24)25/h3-10H,1-2H3,(H,26,28). The molecule has 2 aromatic carbocycles. The summed E-state index contributed by atoms with van der Waals surface area (Å²) in [5, 5.41) is 3.16. The molecule has 3 nitrogen and oxygen atoms in total. The molecule has 28 heavy (non-hydrogen) atoms. The summed E-state index contributed by atoms with van der Waals surface area (Å²) in [6, 6.07) is 11.8. The smallest absolute Gasteiger partial charge is 0.322 e. The van der Waals surface area contributed by atoms with Gasteiger partial charge in [-0.2, -0.15) is 13.2 Å². The van der Waals surface area contributed by atoms with E-state index in [1.807, 2.05) is 0 Å². The van der Waals surface area contributed by atoms with Crippen LogP contribution < -0.4 is 5.32 Å². The monoisotopic (exact) mass is 470 g/mol. The van der Waals surface area contributed by atoms with E-state index >= 15 is 0 Å². The number of benzene rings is 2. The zero-order valence-electron chi connectivity index (χ0n) is 14.9. The zero-order valence-corrected chi connectivity index (χ0v) is 17.2. The fourth-order valence-electron chi connectivity index (χ4n) is 3.04. The van der Waals surface area contributed by atoms with E-state index in [1.165, 1.54) is 22.8 Å². The molecule has 0 unspecified atom stereocenters. The quantitative estimate of drug-likeness (QED) is 0.449. The highest BCUT2D eigenvalue weighted by Crippen LogP contribution is 2.35. The Morgan fingerprint density at radius 2 is 1.79 bits per heavy atom. The van der Waals surface area contributed by atoms with Crippen molar-refractivity contribution in [3.63, 3.8) is 0 Å². The van der Waals surface area contributed by atoms with Gasteiger partial charge in [-0.1, -0.05) is 23.7 Å². The van der Waals surface area contributed by atoms with E-state index in [1.54, 1.807) is 38.1 Å². The number of nitrogens with zero attached hydrogens (tertiary/aromatic N) is 1. The third kappa shape index (κ3) is 3.95. The van der Waals surface area contributed by atoms with Gasteiger partial charge in [0.2, 0.25) is 0 Å². The number of hydrogen-bond acceptors (Lipinski definition) is 1. The highest BCUT2D eigenvalue weighted by molar-refractivity contribution is 9.10. The lowest BCUT2D eigenvalue weighted by Gasteiger charge is -2.16. The number of para-hydroxylation sites is 1. The Hall–Kier alpha value is -2.25. The second kappa shape index (κ2) is 7.64. The van der Waals surface area contributed by atoms with E-state index in [0.717, 1.165) is 6.07 Å². The first-order chi connectivity index (χ1) is 13.1. The fourth-order valence-corrected chi connectivity index (χ4v) is 3.47. The van der Waals surface area contributed by atoms with Crippen molar-refractivity contribution in [2.24, 2.45) is 0 Å². The second-order valence-electron chi connectivity index (χ2n) is 6.22. The van der Waals surface area contributed by atoms with Crippen LogP contribution in [0.4, 0.5) is 18.9 Å². The predicted molar refractivity (Wildman–Crippen MR) is 107 cm³/mol. The van der Waals surface area contributed by atoms with E-state index in [-0.39, 0.29) is 11.3 Å². The summed E-state index contributed by atoms with van der Waals surface area (Å²) in [7, 11) is 0. The van der Waals surface area contributed by atoms with Gasteiger partial charge in [0.15, 0.2) is 0 Å². The molecule has 3 rings (SSSR count). The maximum Gasteiger partial charge on any atom is 0.418 e. The second-order valence-corrected chi connectivity index (χ2v) is 7.48. The van der Waals surface area contributed by atoms with Crippen LogP contribution in [0.15, 0.2) is 53.0 Å². The van der Waals surface area contributed by atoms with Crippen LogP contribution >= 0.6 is 27.5 Å². The zero-order chi connectivity index (χ0) is 20.6. The summed E-state index contributed by atoms with van der Waals surface area (Å²) < 4.78 is 42.4. The highest BCUT2D eigenvalue weighted by atomic mass is 79.9. The summed E-state index contributed by atoms with van der Waals surface area (Å²) in [6.07, 6.45) is -4.50. The highest BCUT2D eigenvalue weighted by Gasteiger charge is 2.34. The summed E-state index contributed by atoms with van der Waals surface area (Å²) in [5.74, 6) is -0.428. The first kappa shape index (κ1) is 20.5. The number of rotatable bonds is 3. The van der Waals surface area contributed by atoms with Gasteiger partial charge >= 0.3 is 6.18 Å². The Labute approximate surface area is 173 Å². The first-order valence-corrected chi connectivity index (χ1v) is 9.38. The van der Waals surface area contributed by atoms with E-state index in [4.69, 9.17) is 11.6 Å². The van der Waals surface area contributed by atoms with Gasteiger partial charge in [-0.05, 0) is 66.2 Å². The largest absolute Gasteiger partial charge is 0.418 e. The molecule has 0 saturated carbocycles. The average molecular weight is 472 g/mol. The lowest BCUT2D eigenvalue weighted by Crippen LogP contribution is -2.15. The van der Waals surface area contributed by atoms with Gasteiger partial charge in [-0.25, -0.2) is 0 Å². The number of carbonyl (C=O) groups excluding carboxylic acids is 1. The third-order valence-electron chi connectivity index (χ3n) is 4.30. The van der Waals surface area contributed by atoms with Gasteiger partial charge in [0.05, 0.1) is 21.8 Å². The minimum Gasteiger partial charge on any atom is -0.322 e. The Balaban J connectivity index is 2.01. The number of nitrogens with one attached hydrogen (secondary N) is 1. The van der Waals surface area contributed by atoms with Crippen molar-refractivity contribution in [3.05, 3.63) is 80.5 Å². The number of carbonyl (C=O) groups is 1. The molecule has 3 aromatic rings. The van der Waals surface area contributed by atoms with E-state index in [0.29, 0.717) is 26.6 Å². The van der Waals surface area contributed by atoms with Gasteiger partial charge in [-0.3, -0.25) is 4.79 Å². The lowest BCUT2D eigenvalue weighted by molar-refractivity contribution is -0.137. The maximum atomic E-state index is 13.4. The Morgan fingerprint density at radius 1 is 1.11 bits per heavy atom. The van der Waals surface area contributed by atoms with Crippen molar-refractivity contribution in [3.8, 4) is 5.69 Å². The molecule has 0 atom stereocenters. The normalized spacial score (nSPS) is 11.5. The molecule has 0 bridgehead atoms. The van der Waals surface area contributed by atoms with Crippen LogP contribution in [0, 0.1) is 13.8 Å². The molecular weight excluding hydrogens is 457 g/mol. The van der Waals surface area contributed by atoms with E-state index in [2.05, 4.69) is 21.2 Å². The molecule has 1 amide bonds. The number of halogens is 5. The van der Waals surface area contributed by atoms with Crippen molar-refractivity contribution in [1.82, 2.24) is 4.57 Å². The molecule has 1 N–H and O–H groups in total. The van der Waals surface area contributed by atoms with E-state index < -0.39 is 17.6 Å². The van der Waals surface area contributed by atoms with Crippen LogP contribution in [0.5, 0.6) is 0 Å². The molecule has 1 aromatic heterocycles. The van der Waals surface area contributed by atoms with E-state index in [9.17, 15) is 18.0 Å². The molecule has 1 heterocycles. The number of alkyl halides is 3. The molecule has 0 spiro atoms. The van der Waals surface area contributed by atoms with Crippen LogP contribution in [-0.4, -0.2) is 10.5 Å². The minimum atomic E-state index is -4.50. The SMILES string of the molecule is Cc1cc(C(=O)Nc2ccc(Br)c(Cl)c2)c(C)n1-c1ccccc1C(F)(F)F. The number of amides is 1. The number of anilines is 1. The van der Waals surface area contributed by atoms with Gasteiger partial charge in [0.1, 0.15) is 0 Å². The van der Waals surface area contributed by atoms with Crippen LogP contribution in [0.25, 0.3) is 5.69 Å². The van der Waals surface area contributed by atoms with Crippen molar-refractivity contribution >= 4 is 39.1 Å². The molecular formula is C20H15BrClF3N2O. The molecule has 0 aliphatic rings. The first-order valence-electron chi connectivity index (χ1n) is 8.21. The average Bonchev–Trinajstić information content (AvgIpc) is 2.92. The molecule has 8 heteroatoms. The number of aromatic nitrogens is 1. The van der Waals surface area contributed by atoms with Gasteiger partial charge in [0.25, 0.3) is 5.91 Å². The summed E-state index contributed by atoms with van der Waals surface area (Å²) in [6.45, 7) is 3.27. The summed E-state index contributed by atoms with van der Waals surface area (Å²) in [5.41, 5.74) is 0.925. The Bertz CT molecular complexity index is 1060. The third-order valence-corrected chi connectivity index (χ3v) is 5.54. The van der Waals surface area contributed by atoms with Crippen LogP contribution in [0.2, 0.25) is 5.02 Å². The van der Waals surface area contributed by atoms with Gasteiger partial charge < -0.3 is 9.88 Å². The fraction of sp³-hybridized carbons (Fsp3) is 0.150. The predicted octanol–water partition coefficient (Wildman–Crippen LogP) is 6.78. The molecule has 0 radical (unpaired) electrons.